The summed E-state index contributed by atoms with van der Waals surface area (Å²) >= 11 is 1.14. The molecule has 0 aliphatic heterocycles. The Balaban J connectivity index is 2.24. The minimum absolute atomic E-state index is 0.0813. The lowest BCUT2D eigenvalue weighted by molar-refractivity contribution is 0.0558. The molecule has 0 aliphatic rings. The molecule has 1 aromatic heterocycles. The zero-order valence-corrected chi connectivity index (χ0v) is 10.8. The van der Waals surface area contributed by atoms with Crippen LogP contribution in [0.5, 0.6) is 0 Å². The Kier molecular flexibility index (Phi) is 3.91. The van der Waals surface area contributed by atoms with Crippen LogP contribution in [-0.2, 0) is 4.74 Å². The van der Waals surface area contributed by atoms with Crippen LogP contribution >= 0.6 is 11.8 Å². The van der Waals surface area contributed by atoms with E-state index < -0.39 is 11.9 Å². The zero-order valence-electron chi connectivity index (χ0n) is 9.95. The molecule has 0 fully saturated rings. The Bertz CT molecular complexity index is 617. The van der Waals surface area contributed by atoms with Gasteiger partial charge in [0.1, 0.15) is 0 Å². The molecular formula is C13H10O5S. The van der Waals surface area contributed by atoms with E-state index in [-0.39, 0.29) is 11.3 Å². The largest absolute Gasteiger partial charge is 0.478 e. The molecular weight excluding hydrogens is 268 g/mol. The van der Waals surface area contributed by atoms with Crippen LogP contribution in [0.3, 0.4) is 0 Å². The number of hydrogen-bond donors (Lipinski definition) is 1. The lowest BCUT2D eigenvalue weighted by Gasteiger charge is -2.02. The van der Waals surface area contributed by atoms with Gasteiger partial charge in [0.15, 0.2) is 5.09 Å². The third kappa shape index (κ3) is 2.97. The molecule has 19 heavy (non-hydrogen) atoms. The Hall–Kier alpha value is -2.21. The van der Waals surface area contributed by atoms with E-state index in [0.29, 0.717) is 9.99 Å². The maximum atomic E-state index is 11.2. The Morgan fingerprint density at radius 2 is 1.95 bits per heavy atom. The van der Waals surface area contributed by atoms with Crippen molar-refractivity contribution in [2.24, 2.45) is 0 Å². The van der Waals surface area contributed by atoms with E-state index >= 15 is 0 Å². The highest BCUT2D eigenvalue weighted by Gasteiger charge is 2.15. The van der Waals surface area contributed by atoms with Crippen LogP contribution in [0.15, 0.2) is 50.8 Å². The van der Waals surface area contributed by atoms with Crippen molar-refractivity contribution in [3.05, 3.63) is 47.7 Å². The lowest BCUT2D eigenvalue weighted by atomic mass is 10.2. The van der Waals surface area contributed by atoms with Gasteiger partial charge in [-0.3, -0.25) is 0 Å². The summed E-state index contributed by atoms with van der Waals surface area (Å²) in [6, 6.07) is 9.64. The monoisotopic (exact) mass is 278 g/mol. The number of aromatic carboxylic acids is 1. The van der Waals surface area contributed by atoms with Crippen molar-refractivity contribution in [2.45, 2.75) is 9.99 Å². The van der Waals surface area contributed by atoms with Crippen LogP contribution in [0, 0.1) is 0 Å². The first-order valence-corrected chi connectivity index (χ1v) is 6.12. The van der Waals surface area contributed by atoms with Crippen LogP contribution in [-0.4, -0.2) is 24.2 Å². The summed E-state index contributed by atoms with van der Waals surface area (Å²) in [5, 5.41) is 9.48. The standard InChI is InChI=1S/C13H10O5S/c1-17-13(16)9-6-7-11(18-9)19-10-5-3-2-4-8(10)12(14)15/h2-7H,1H3,(H,14,15). The molecule has 0 aliphatic carbocycles. The van der Waals surface area contributed by atoms with E-state index in [1.54, 1.807) is 24.3 Å². The van der Waals surface area contributed by atoms with Crippen LogP contribution in [0.25, 0.3) is 0 Å². The fourth-order valence-electron chi connectivity index (χ4n) is 1.43. The maximum Gasteiger partial charge on any atom is 0.374 e. The van der Waals surface area contributed by atoms with Crippen LogP contribution in [0.4, 0.5) is 0 Å². The Morgan fingerprint density at radius 1 is 1.21 bits per heavy atom. The van der Waals surface area contributed by atoms with E-state index in [4.69, 9.17) is 9.52 Å². The van der Waals surface area contributed by atoms with Crippen molar-refractivity contribution in [3.63, 3.8) is 0 Å². The fraction of sp³-hybridized carbons (Fsp3) is 0.0769. The number of rotatable bonds is 4. The average Bonchev–Trinajstić information content (AvgIpc) is 2.86. The molecule has 0 unspecified atom stereocenters. The van der Waals surface area contributed by atoms with Gasteiger partial charge in [-0.1, -0.05) is 23.9 Å². The van der Waals surface area contributed by atoms with Crippen LogP contribution in [0.1, 0.15) is 20.9 Å². The minimum atomic E-state index is -1.01. The summed E-state index contributed by atoms with van der Waals surface area (Å²) in [5.74, 6) is -1.50. The third-order valence-electron chi connectivity index (χ3n) is 2.30. The fourth-order valence-corrected chi connectivity index (χ4v) is 2.32. The molecule has 1 heterocycles. The maximum absolute atomic E-state index is 11.2. The number of carbonyl (C=O) groups is 2. The predicted octanol–water partition coefficient (Wildman–Crippen LogP) is 2.92. The molecule has 0 spiro atoms. The minimum Gasteiger partial charge on any atom is -0.478 e. The van der Waals surface area contributed by atoms with Crippen molar-refractivity contribution in [1.29, 1.82) is 0 Å². The van der Waals surface area contributed by atoms with E-state index in [2.05, 4.69) is 4.74 Å². The molecule has 2 aromatic rings. The summed E-state index contributed by atoms with van der Waals surface area (Å²) in [6.45, 7) is 0. The molecule has 0 amide bonds. The number of methoxy groups -OCH3 is 1. The van der Waals surface area contributed by atoms with Crippen molar-refractivity contribution in [3.8, 4) is 0 Å². The molecule has 5 nitrogen and oxygen atoms in total. The van der Waals surface area contributed by atoms with Crippen LogP contribution in [0.2, 0.25) is 0 Å². The van der Waals surface area contributed by atoms with Gasteiger partial charge in [-0.25, -0.2) is 9.59 Å². The van der Waals surface area contributed by atoms with Gasteiger partial charge in [-0.15, -0.1) is 0 Å². The highest BCUT2D eigenvalue weighted by atomic mass is 32.2. The Morgan fingerprint density at radius 3 is 2.63 bits per heavy atom. The quantitative estimate of drug-likeness (QED) is 0.866. The SMILES string of the molecule is COC(=O)c1ccc(Sc2ccccc2C(=O)O)o1. The highest BCUT2D eigenvalue weighted by Crippen LogP contribution is 2.31. The molecule has 6 heteroatoms. The summed E-state index contributed by atoms with van der Waals surface area (Å²) in [6.07, 6.45) is 0. The first-order chi connectivity index (χ1) is 9.11. The molecule has 0 bridgehead atoms. The summed E-state index contributed by atoms with van der Waals surface area (Å²) < 4.78 is 9.80. The van der Waals surface area contributed by atoms with Gasteiger partial charge in [-0.2, -0.15) is 0 Å². The van der Waals surface area contributed by atoms with Crippen molar-refractivity contribution < 1.29 is 23.8 Å². The van der Waals surface area contributed by atoms with Gasteiger partial charge < -0.3 is 14.3 Å². The van der Waals surface area contributed by atoms with Gasteiger partial charge in [0.2, 0.25) is 5.76 Å². The second-order valence-electron chi connectivity index (χ2n) is 3.51. The molecule has 2 rings (SSSR count). The van der Waals surface area contributed by atoms with Crippen molar-refractivity contribution >= 4 is 23.7 Å². The topological polar surface area (TPSA) is 76.7 Å². The van der Waals surface area contributed by atoms with Gasteiger partial charge in [0.25, 0.3) is 0 Å². The van der Waals surface area contributed by atoms with Crippen molar-refractivity contribution in [2.75, 3.05) is 7.11 Å². The number of carbonyl (C=O) groups excluding carboxylic acids is 1. The van der Waals surface area contributed by atoms with E-state index in [1.165, 1.54) is 19.2 Å². The number of benzene rings is 1. The van der Waals surface area contributed by atoms with Gasteiger partial charge in [0, 0.05) is 4.90 Å². The summed E-state index contributed by atoms with van der Waals surface area (Å²) in [5.41, 5.74) is 0.184. The van der Waals surface area contributed by atoms with E-state index in [9.17, 15) is 9.59 Å². The number of carboxylic acids is 1. The smallest absolute Gasteiger partial charge is 0.374 e. The normalized spacial score (nSPS) is 10.2. The molecule has 0 saturated carbocycles. The molecule has 0 atom stereocenters. The average molecular weight is 278 g/mol. The third-order valence-corrected chi connectivity index (χ3v) is 3.29. The molecule has 1 aromatic carbocycles. The van der Waals surface area contributed by atoms with Gasteiger partial charge in [0.05, 0.1) is 12.7 Å². The van der Waals surface area contributed by atoms with E-state index in [0.717, 1.165) is 11.8 Å². The second-order valence-corrected chi connectivity index (χ2v) is 4.56. The summed E-state index contributed by atoms with van der Waals surface area (Å²) in [7, 11) is 1.26. The van der Waals surface area contributed by atoms with Crippen molar-refractivity contribution in [1.82, 2.24) is 0 Å². The number of furan rings is 1. The molecule has 0 saturated heterocycles. The zero-order chi connectivity index (χ0) is 13.8. The van der Waals surface area contributed by atoms with Crippen LogP contribution < -0.4 is 0 Å². The lowest BCUT2D eigenvalue weighted by Crippen LogP contribution is -1.98. The number of hydrogen-bond acceptors (Lipinski definition) is 5. The molecule has 98 valence electrons. The number of carboxylic acid groups (broad SMARTS) is 1. The van der Waals surface area contributed by atoms with E-state index in [1.807, 2.05) is 0 Å². The number of esters is 1. The molecule has 1 N–H and O–H groups in total. The predicted molar refractivity (Wildman–Crippen MR) is 67.6 cm³/mol. The second kappa shape index (κ2) is 5.62. The molecule has 0 radical (unpaired) electrons. The number of ether oxygens (including phenoxy) is 1. The first-order valence-electron chi connectivity index (χ1n) is 5.30. The first kappa shape index (κ1) is 13.2. The Labute approximate surface area is 113 Å². The van der Waals surface area contributed by atoms with Gasteiger partial charge in [-0.05, 0) is 24.3 Å². The van der Waals surface area contributed by atoms with Gasteiger partial charge >= 0.3 is 11.9 Å². The summed E-state index contributed by atoms with van der Waals surface area (Å²) in [4.78, 5) is 22.8. The highest BCUT2D eigenvalue weighted by molar-refractivity contribution is 7.99.